The molecule has 0 aliphatic heterocycles. The first kappa shape index (κ1) is 45.3. The molecule has 0 aliphatic carbocycles. The summed E-state index contributed by atoms with van der Waals surface area (Å²) in [5.74, 6) is -0.227. The molecule has 8 atom stereocenters. The largest absolute Gasteiger partial charge is 0.396 e. The molecule has 2 N–H and O–H groups in total. The number of benzene rings is 2. The van der Waals surface area contributed by atoms with Gasteiger partial charge in [0.1, 0.15) is 36.6 Å². The summed E-state index contributed by atoms with van der Waals surface area (Å²) in [5.41, 5.74) is 3.33. The number of aliphatic hydroxyl groups excluding tert-OH is 1. The quantitative estimate of drug-likeness (QED) is 0.124. The number of ether oxygens (including phenoxy) is 9. The van der Waals surface area contributed by atoms with Crippen LogP contribution in [0.4, 0.5) is 0 Å². The fraction of sp³-hybridized carbons (Fsp3) is 0.641. The van der Waals surface area contributed by atoms with E-state index in [2.05, 4.69) is 5.32 Å². The van der Waals surface area contributed by atoms with Crippen LogP contribution in [0.1, 0.15) is 51.1 Å². The molecule has 0 bridgehead atoms. The summed E-state index contributed by atoms with van der Waals surface area (Å²) < 4.78 is 50.5. The zero-order valence-corrected chi connectivity index (χ0v) is 32.3. The van der Waals surface area contributed by atoms with Crippen molar-refractivity contribution >= 4 is 11.7 Å². The van der Waals surface area contributed by atoms with E-state index in [0.717, 1.165) is 24.0 Å². The van der Waals surface area contributed by atoms with Gasteiger partial charge in [0.2, 0.25) is 0 Å². The van der Waals surface area contributed by atoms with Gasteiger partial charge in [-0.05, 0) is 48.9 Å². The molecular weight excluding hydrogens is 674 g/mol. The van der Waals surface area contributed by atoms with Crippen molar-refractivity contribution < 1.29 is 57.3 Å². The predicted molar refractivity (Wildman–Crippen MR) is 196 cm³/mol. The lowest BCUT2D eigenvalue weighted by atomic mass is 9.96. The molecule has 0 radical (unpaired) electrons. The lowest BCUT2D eigenvalue weighted by molar-refractivity contribution is -0.159. The maximum absolute atomic E-state index is 13.1. The molecule has 1 amide bonds. The van der Waals surface area contributed by atoms with Crippen molar-refractivity contribution in [2.45, 2.75) is 80.9 Å². The summed E-state index contributed by atoms with van der Waals surface area (Å²) in [5, 5.41) is 12.3. The highest BCUT2D eigenvalue weighted by atomic mass is 16.6. The topological polar surface area (TPSA) is 149 Å². The van der Waals surface area contributed by atoms with Crippen LogP contribution in [0.5, 0.6) is 0 Å². The van der Waals surface area contributed by atoms with Crippen molar-refractivity contribution in [3.63, 3.8) is 0 Å². The van der Waals surface area contributed by atoms with Gasteiger partial charge in [0.25, 0.3) is 5.91 Å². The van der Waals surface area contributed by atoms with E-state index in [4.69, 9.17) is 42.6 Å². The molecule has 0 heterocycles. The highest BCUT2D eigenvalue weighted by molar-refractivity contribution is 5.96. The average molecular weight is 736 g/mol. The predicted octanol–water partition coefficient (Wildman–Crippen LogP) is 3.31. The smallest absolute Gasteiger partial charge is 0.251 e. The Morgan fingerprint density at radius 1 is 0.558 bits per heavy atom. The molecule has 0 unspecified atom stereocenters. The number of aryl methyl sites for hydroxylation is 2. The number of aliphatic hydroxyl groups is 1. The number of ketones is 1. The Hall–Kier alpha value is -2.82. The molecule has 0 fully saturated rings. The van der Waals surface area contributed by atoms with Gasteiger partial charge in [-0.3, -0.25) is 9.59 Å². The number of amides is 1. The Morgan fingerprint density at radius 3 is 1.40 bits per heavy atom. The maximum Gasteiger partial charge on any atom is 0.251 e. The van der Waals surface area contributed by atoms with Gasteiger partial charge < -0.3 is 53.1 Å². The molecule has 294 valence electrons. The van der Waals surface area contributed by atoms with Crippen molar-refractivity contribution in [1.29, 1.82) is 0 Å². The number of carbonyl (C=O) groups is 2. The molecule has 0 saturated heterocycles. The summed E-state index contributed by atoms with van der Waals surface area (Å²) in [7, 11) is 14.1. The number of methoxy groups -OCH3 is 9. The summed E-state index contributed by atoms with van der Waals surface area (Å²) in [6.45, 7) is 0.441. The van der Waals surface area contributed by atoms with Gasteiger partial charge in [0.05, 0.1) is 18.8 Å². The Bertz CT molecular complexity index is 1160. The van der Waals surface area contributed by atoms with Crippen LogP contribution in [0, 0.1) is 0 Å². The molecule has 0 aliphatic rings. The molecule has 2 aromatic rings. The van der Waals surface area contributed by atoms with Crippen molar-refractivity contribution in [2.24, 2.45) is 0 Å². The molecule has 2 rings (SSSR count). The summed E-state index contributed by atoms with van der Waals surface area (Å²) in [6.07, 6.45) is -1.05. The van der Waals surface area contributed by atoms with E-state index < -0.39 is 42.7 Å². The number of Topliss-reactive ketones (excluding diaryl/α,β-unsaturated/α-hetero) is 1. The molecule has 13 nitrogen and oxygen atoms in total. The van der Waals surface area contributed by atoms with Crippen LogP contribution in [0.25, 0.3) is 0 Å². The monoisotopic (exact) mass is 735 g/mol. The van der Waals surface area contributed by atoms with E-state index in [-0.39, 0.29) is 37.4 Å². The van der Waals surface area contributed by atoms with Crippen molar-refractivity contribution in [3.8, 4) is 0 Å². The molecule has 2 aromatic carbocycles. The van der Waals surface area contributed by atoms with E-state index in [0.29, 0.717) is 30.6 Å². The lowest BCUT2D eigenvalue weighted by Crippen LogP contribution is -2.52. The van der Waals surface area contributed by atoms with Gasteiger partial charge >= 0.3 is 0 Å². The van der Waals surface area contributed by atoms with E-state index in [1.165, 1.54) is 0 Å². The van der Waals surface area contributed by atoms with Crippen molar-refractivity contribution in [3.05, 3.63) is 70.8 Å². The minimum Gasteiger partial charge on any atom is -0.396 e. The van der Waals surface area contributed by atoms with Gasteiger partial charge in [0.15, 0.2) is 5.78 Å². The molecular formula is C39H61NO12. The Kier molecular flexibility index (Phi) is 22.0. The van der Waals surface area contributed by atoms with Crippen LogP contribution in [-0.4, -0.2) is 149 Å². The molecule has 52 heavy (non-hydrogen) atoms. The van der Waals surface area contributed by atoms with Gasteiger partial charge in [-0.2, -0.15) is 0 Å². The van der Waals surface area contributed by atoms with Gasteiger partial charge in [-0.25, -0.2) is 0 Å². The third-order valence-corrected chi connectivity index (χ3v) is 9.47. The molecule has 0 aromatic heterocycles. The molecule has 0 spiro atoms. The second-order valence-corrected chi connectivity index (χ2v) is 12.4. The highest BCUT2D eigenvalue weighted by Gasteiger charge is 2.37. The third-order valence-electron chi connectivity index (χ3n) is 9.47. The van der Waals surface area contributed by atoms with E-state index in [1.54, 1.807) is 76.1 Å². The van der Waals surface area contributed by atoms with E-state index in [1.807, 2.05) is 36.4 Å². The van der Waals surface area contributed by atoms with E-state index >= 15 is 0 Å². The summed E-state index contributed by atoms with van der Waals surface area (Å²) in [4.78, 5) is 26.1. The zero-order chi connectivity index (χ0) is 38.5. The first-order valence-electron chi connectivity index (χ1n) is 17.5. The Morgan fingerprint density at radius 2 is 0.981 bits per heavy atom. The van der Waals surface area contributed by atoms with Crippen molar-refractivity contribution in [1.82, 2.24) is 5.32 Å². The van der Waals surface area contributed by atoms with Crippen LogP contribution >= 0.6 is 0 Å². The summed E-state index contributed by atoms with van der Waals surface area (Å²) in [6, 6.07) is 15.1. The zero-order valence-electron chi connectivity index (χ0n) is 32.3. The minimum atomic E-state index is -0.552. The Labute approximate surface area is 309 Å². The van der Waals surface area contributed by atoms with Gasteiger partial charge in [-0.15, -0.1) is 0 Å². The number of carbonyl (C=O) groups excluding carboxylic acids is 2. The minimum absolute atomic E-state index is 0.0143. The second-order valence-electron chi connectivity index (χ2n) is 12.4. The summed E-state index contributed by atoms with van der Waals surface area (Å²) >= 11 is 0. The number of nitrogens with one attached hydrogen (secondary N) is 1. The van der Waals surface area contributed by atoms with Crippen LogP contribution < -0.4 is 5.32 Å². The van der Waals surface area contributed by atoms with Crippen LogP contribution in [0.3, 0.4) is 0 Å². The lowest BCUT2D eigenvalue weighted by Gasteiger charge is -2.35. The number of rotatable bonds is 28. The average Bonchev–Trinajstić information content (AvgIpc) is 3.18. The first-order valence-corrected chi connectivity index (χ1v) is 17.5. The molecule has 13 heteroatoms. The normalized spacial score (nSPS) is 16.3. The van der Waals surface area contributed by atoms with Gasteiger partial charge in [-0.1, -0.05) is 36.4 Å². The highest BCUT2D eigenvalue weighted by Crippen LogP contribution is 2.22. The fourth-order valence-corrected chi connectivity index (χ4v) is 6.43. The second kappa shape index (κ2) is 25.2. The molecule has 0 saturated carbocycles. The Balaban J connectivity index is 1.93. The van der Waals surface area contributed by atoms with Crippen molar-refractivity contribution in [2.75, 3.05) is 83.7 Å². The standard InChI is InChI=1S/C39H61NO12/c1-44-25-34(48-5)38(52-9)35(49-6)31(45-2)21-20-30(42)28-16-12-26(13-17-28)10-11-27-14-18-29(19-15-27)39(43)40-24-33(47-4)37(51-8)36(50-7)32(46-3)22-23-41/h12-19,31-38,41H,10-11,20-25H2,1-9H3,(H,40,43)/t31-,32+,33-,34+,35+,36+,37+,38+/m0/s1. The fourth-order valence-electron chi connectivity index (χ4n) is 6.43. The maximum atomic E-state index is 13.1. The number of hydrogen-bond donors (Lipinski definition) is 2. The van der Waals surface area contributed by atoms with Gasteiger partial charge in [0, 0.05) is 94.7 Å². The van der Waals surface area contributed by atoms with Crippen LogP contribution in [0.15, 0.2) is 48.5 Å². The van der Waals surface area contributed by atoms with E-state index in [9.17, 15) is 14.7 Å². The van der Waals surface area contributed by atoms with Crippen LogP contribution in [-0.2, 0) is 55.5 Å². The third kappa shape index (κ3) is 13.5. The number of hydrogen-bond acceptors (Lipinski definition) is 12. The van der Waals surface area contributed by atoms with Crippen LogP contribution in [0.2, 0.25) is 0 Å². The SMILES string of the molecule is COC[C@@H](OC)[C@@H](OC)[C@H](OC)[C@H](CCC(=O)c1ccc(CCc2ccc(C(=O)NC[C@H](OC)[C@@H](OC)[C@H](OC)[C@@H](CCO)OC)cc2)cc1)OC. The first-order chi connectivity index (χ1) is 25.2.